The molecule has 7 nitrogen and oxygen atoms in total. The maximum atomic E-state index is 10.5. The lowest BCUT2D eigenvalue weighted by molar-refractivity contribution is -0.134. The fraction of sp³-hybridized carbons (Fsp3) is 0.429. The van der Waals surface area contributed by atoms with E-state index in [1.807, 2.05) is 47.2 Å². The number of rotatable bonds is 1. The van der Waals surface area contributed by atoms with Gasteiger partial charge in [0.2, 0.25) is 5.91 Å². The summed E-state index contributed by atoms with van der Waals surface area (Å²) in [6.07, 6.45) is 0. The van der Waals surface area contributed by atoms with Gasteiger partial charge in [0, 0.05) is 26.0 Å². The largest absolute Gasteiger partial charge is 0.481 e. The summed E-state index contributed by atoms with van der Waals surface area (Å²) in [7, 11) is 0. The molecule has 0 atom stereocenters. The van der Waals surface area contributed by atoms with Gasteiger partial charge in [-0.2, -0.15) is 0 Å². The van der Waals surface area contributed by atoms with Crippen molar-refractivity contribution >= 4 is 90.6 Å². The maximum Gasteiger partial charge on any atom is 0.300 e. The zero-order valence-electron chi connectivity index (χ0n) is 15.8. The minimum Gasteiger partial charge on any atom is -0.481 e. The van der Waals surface area contributed by atoms with Crippen LogP contribution in [0.1, 0.15) is 26.6 Å². The highest BCUT2D eigenvalue weighted by molar-refractivity contribution is 14.1. The summed E-state index contributed by atoms with van der Waals surface area (Å²) in [5.74, 6) is -0.908. The van der Waals surface area contributed by atoms with Crippen LogP contribution in [-0.2, 0) is 9.59 Å². The van der Waals surface area contributed by atoms with Crippen LogP contribution in [-0.4, -0.2) is 37.2 Å². The van der Waals surface area contributed by atoms with Crippen LogP contribution in [0.4, 0.5) is 10.3 Å². The normalized spacial score (nSPS) is 8.50. The number of aryl methyl sites for hydroxylation is 2. The maximum absolute atomic E-state index is 10.5. The van der Waals surface area contributed by atoms with Crippen LogP contribution in [0.3, 0.4) is 0 Å². The molecular weight excluding hydrogens is 534 g/mol. The van der Waals surface area contributed by atoms with Gasteiger partial charge in [-0.1, -0.05) is 22.6 Å². The highest BCUT2D eigenvalue weighted by Crippen LogP contribution is 2.13. The van der Waals surface area contributed by atoms with Crippen molar-refractivity contribution in [1.82, 2.24) is 9.97 Å². The molecular formula is C14H23Cl2IN4O3S2. The Morgan fingerprint density at radius 2 is 1.65 bits per heavy atom. The van der Waals surface area contributed by atoms with E-state index in [9.17, 15) is 4.79 Å². The number of carbonyl (C=O) groups excluding carboxylic acids is 1. The van der Waals surface area contributed by atoms with Crippen molar-refractivity contribution in [2.45, 2.75) is 27.7 Å². The third-order valence-corrected chi connectivity index (χ3v) is 3.21. The summed E-state index contributed by atoms with van der Waals surface area (Å²) >= 11 is 14.4. The van der Waals surface area contributed by atoms with E-state index in [-0.39, 0.29) is 11.2 Å². The standard InChI is InChI=1S/C6H8N2OS.C4H6N2S.C2H4O2.CH2Cl2.CH3I/c1-4-3-10-6(7-4)8-5(2)9;1-3-2-7-4(5)6-3;1-2(3)4;2-1-3;1-2/h3H,1-2H3,(H,7,8,9);2H,1H3,(H2,5,6);1H3,(H,3,4);1H2;1H3/i;;;;1D. The molecule has 0 aliphatic rings. The van der Waals surface area contributed by atoms with Crippen molar-refractivity contribution in [2.24, 2.45) is 0 Å². The molecule has 0 spiro atoms. The van der Waals surface area contributed by atoms with Gasteiger partial charge >= 0.3 is 0 Å². The van der Waals surface area contributed by atoms with Crippen LogP contribution in [0.2, 0.25) is 0 Å². The number of thiazole rings is 2. The van der Waals surface area contributed by atoms with Gasteiger partial charge in [0.05, 0.1) is 16.7 Å². The second-order valence-corrected chi connectivity index (χ2v) is 6.48. The van der Waals surface area contributed by atoms with Crippen LogP contribution in [0.25, 0.3) is 0 Å². The first kappa shape index (κ1) is 27.5. The van der Waals surface area contributed by atoms with Crippen LogP contribution in [0, 0.1) is 13.8 Å². The smallest absolute Gasteiger partial charge is 0.300 e. The number of anilines is 2. The van der Waals surface area contributed by atoms with Crippen molar-refractivity contribution in [3.05, 3.63) is 22.1 Å². The Labute approximate surface area is 186 Å². The molecule has 0 bridgehead atoms. The fourth-order valence-corrected chi connectivity index (χ4v) is 2.21. The first-order valence-corrected chi connectivity index (χ1v) is 10.9. The minimum atomic E-state index is -0.833. The molecule has 1 amide bonds. The number of hydrogen-bond donors (Lipinski definition) is 3. The topological polar surface area (TPSA) is 118 Å². The predicted molar refractivity (Wildman–Crippen MR) is 122 cm³/mol. The molecule has 0 aliphatic heterocycles. The summed E-state index contributed by atoms with van der Waals surface area (Å²) in [6, 6.07) is 0. The summed E-state index contributed by atoms with van der Waals surface area (Å²) < 4.78 is 6.20. The molecule has 0 saturated carbocycles. The van der Waals surface area contributed by atoms with Gasteiger partial charge < -0.3 is 16.2 Å². The Balaban J connectivity index is -0.000000296. The van der Waals surface area contributed by atoms with Crippen molar-refractivity contribution < 1.29 is 16.1 Å². The van der Waals surface area contributed by atoms with Crippen LogP contribution >= 0.6 is 68.5 Å². The Bertz CT molecular complexity index is 611. The summed E-state index contributed by atoms with van der Waals surface area (Å²) in [4.78, 5) is 27.9. The molecule has 0 aromatic carbocycles. The molecule has 0 saturated heterocycles. The first-order valence-electron chi connectivity index (χ1n) is 7.28. The number of nitrogen functional groups attached to an aromatic ring is 1. The van der Waals surface area contributed by atoms with Crippen LogP contribution in [0.5, 0.6) is 0 Å². The van der Waals surface area contributed by atoms with Gasteiger partial charge in [0.15, 0.2) is 10.3 Å². The number of amides is 1. The Hall–Kier alpha value is -0.690. The molecule has 0 aliphatic carbocycles. The minimum absolute atomic E-state index is 0.0747. The quantitative estimate of drug-likeness (QED) is 0.335. The molecule has 150 valence electrons. The van der Waals surface area contributed by atoms with Crippen molar-refractivity contribution in [1.29, 1.82) is 0 Å². The number of aromatic nitrogens is 2. The number of aliphatic carboxylic acids is 1. The summed E-state index contributed by atoms with van der Waals surface area (Å²) in [6.45, 7) is 6.37. The van der Waals surface area contributed by atoms with Gasteiger partial charge in [0.1, 0.15) is 0 Å². The van der Waals surface area contributed by atoms with E-state index in [0.717, 1.165) is 18.3 Å². The predicted octanol–water partition coefficient (Wildman–Crippen LogP) is 5.01. The molecule has 4 N–H and O–H groups in total. The SMILES string of the molecule is CC(=O)Nc1nc(C)cs1.CC(=O)O.Cc1csc(N)n1.ClCCl.[2H]CI. The third-order valence-electron chi connectivity index (χ3n) is 1.54. The number of carboxylic acid groups (broad SMARTS) is 1. The highest BCUT2D eigenvalue weighted by atomic mass is 127. The second kappa shape index (κ2) is 20.6. The fourth-order valence-electron chi connectivity index (χ4n) is 0.934. The van der Waals surface area contributed by atoms with E-state index < -0.39 is 5.97 Å². The molecule has 0 fully saturated rings. The second-order valence-electron chi connectivity index (χ2n) is 3.92. The summed E-state index contributed by atoms with van der Waals surface area (Å²) in [5.41, 5.74) is 7.23. The molecule has 0 unspecified atom stereocenters. The molecule has 2 heterocycles. The third kappa shape index (κ3) is 25.5. The number of carboxylic acids is 1. The highest BCUT2D eigenvalue weighted by Gasteiger charge is 1.97. The Morgan fingerprint density at radius 3 is 1.85 bits per heavy atom. The van der Waals surface area contributed by atoms with Crippen molar-refractivity contribution in [3.63, 3.8) is 0 Å². The van der Waals surface area contributed by atoms with Gasteiger partial charge in [0.25, 0.3) is 5.97 Å². The van der Waals surface area contributed by atoms with Gasteiger partial charge in [-0.25, -0.2) is 9.97 Å². The lowest BCUT2D eigenvalue weighted by Gasteiger charge is -1.91. The number of hydrogen-bond acceptors (Lipinski definition) is 7. The van der Waals surface area contributed by atoms with Crippen molar-refractivity contribution in [3.8, 4) is 0 Å². The molecule has 2 rings (SSSR count). The van der Waals surface area contributed by atoms with E-state index in [1.54, 1.807) is 0 Å². The number of nitrogens with two attached hydrogens (primary N) is 1. The zero-order chi connectivity index (χ0) is 21.8. The van der Waals surface area contributed by atoms with Crippen LogP contribution in [0.15, 0.2) is 10.8 Å². The van der Waals surface area contributed by atoms with E-state index in [0.29, 0.717) is 15.2 Å². The lowest BCUT2D eigenvalue weighted by Crippen LogP contribution is -2.04. The molecule has 0 radical (unpaired) electrons. The molecule has 2 aromatic rings. The van der Waals surface area contributed by atoms with Gasteiger partial charge in [-0.3, -0.25) is 9.59 Å². The van der Waals surface area contributed by atoms with Crippen LogP contribution < -0.4 is 11.1 Å². The lowest BCUT2D eigenvalue weighted by atomic mass is 10.6. The average Bonchev–Trinajstić information content (AvgIpc) is 3.08. The first-order chi connectivity index (χ1) is 12.5. The molecule has 2 aromatic heterocycles. The number of nitrogens with zero attached hydrogens (tertiary/aromatic N) is 2. The number of alkyl halides is 3. The Kier molecular flexibility index (Phi) is 21.8. The number of nitrogens with one attached hydrogen (secondary N) is 1. The van der Waals surface area contributed by atoms with E-state index >= 15 is 0 Å². The summed E-state index contributed by atoms with van der Waals surface area (Å²) in [5, 5.41) is 15.3. The Morgan fingerprint density at radius 1 is 1.27 bits per heavy atom. The number of halogens is 3. The molecule has 26 heavy (non-hydrogen) atoms. The van der Waals surface area contributed by atoms with Gasteiger partial charge in [-0.05, 0) is 18.8 Å². The number of carbonyl (C=O) groups is 2. The van der Waals surface area contributed by atoms with E-state index in [2.05, 4.69) is 15.3 Å². The zero-order valence-corrected chi connectivity index (χ0v) is 20.1. The monoisotopic (exact) mass is 557 g/mol. The molecule has 12 heteroatoms. The van der Waals surface area contributed by atoms with Gasteiger partial charge in [-0.15, -0.1) is 45.9 Å². The van der Waals surface area contributed by atoms with E-state index in [1.165, 1.54) is 29.6 Å². The van der Waals surface area contributed by atoms with E-state index in [4.69, 9.17) is 40.2 Å². The van der Waals surface area contributed by atoms with Crippen molar-refractivity contribution in [2.75, 3.05) is 21.3 Å². The average molecular weight is 558 g/mol.